The zero-order chi connectivity index (χ0) is 9.68. The number of piperidine rings is 1. The molecule has 13 heavy (non-hydrogen) atoms. The summed E-state index contributed by atoms with van der Waals surface area (Å²) in [5.41, 5.74) is 0. The monoisotopic (exact) mass is 187 g/mol. The van der Waals surface area contributed by atoms with E-state index in [9.17, 15) is 4.79 Å². The van der Waals surface area contributed by atoms with E-state index in [0.717, 1.165) is 19.4 Å². The molecule has 1 heterocycles. The van der Waals surface area contributed by atoms with Gasteiger partial charge in [0, 0.05) is 12.6 Å². The van der Waals surface area contributed by atoms with Crippen molar-refractivity contribution in [1.29, 1.82) is 0 Å². The number of hydrogen-bond donors (Lipinski definition) is 2. The molecule has 3 atom stereocenters. The highest BCUT2D eigenvalue weighted by Gasteiger charge is 2.25. The lowest BCUT2D eigenvalue weighted by molar-refractivity contribution is -0.134. The molecule has 1 aliphatic rings. The second-order valence-electron chi connectivity index (χ2n) is 3.57. The van der Waals surface area contributed by atoms with Crippen LogP contribution in [0.5, 0.6) is 0 Å². The van der Waals surface area contributed by atoms with Crippen LogP contribution in [0, 0.1) is 5.92 Å². The first-order chi connectivity index (χ1) is 6.27. The van der Waals surface area contributed by atoms with Crippen LogP contribution in [0.3, 0.4) is 0 Å². The van der Waals surface area contributed by atoms with Crippen LogP contribution in [0.1, 0.15) is 19.8 Å². The Kier molecular flexibility index (Phi) is 4.18. The van der Waals surface area contributed by atoms with Gasteiger partial charge >= 0.3 is 0 Å². The van der Waals surface area contributed by atoms with E-state index in [4.69, 9.17) is 9.84 Å². The molecule has 4 nitrogen and oxygen atoms in total. The fraction of sp³-hybridized carbons (Fsp3) is 0.889. The number of aliphatic hydroxyl groups is 1. The molecule has 1 aliphatic heterocycles. The number of carbonyl (C=O) groups is 1. The van der Waals surface area contributed by atoms with Crippen LogP contribution in [0.15, 0.2) is 0 Å². The summed E-state index contributed by atoms with van der Waals surface area (Å²) in [5.74, 6) is 0.351. The molecule has 0 amide bonds. The van der Waals surface area contributed by atoms with Gasteiger partial charge in [-0.2, -0.15) is 0 Å². The minimum atomic E-state index is -0.105. The van der Waals surface area contributed by atoms with Gasteiger partial charge in [0.2, 0.25) is 0 Å². The summed E-state index contributed by atoms with van der Waals surface area (Å²) in [6.45, 7) is 3.47. The van der Waals surface area contributed by atoms with Crippen molar-refractivity contribution in [3.05, 3.63) is 0 Å². The Bertz CT molecular complexity index is 163. The fourth-order valence-electron chi connectivity index (χ4n) is 1.74. The lowest BCUT2D eigenvalue weighted by Crippen LogP contribution is -2.46. The van der Waals surface area contributed by atoms with Gasteiger partial charge < -0.3 is 15.2 Å². The Morgan fingerprint density at radius 2 is 2.54 bits per heavy atom. The lowest BCUT2D eigenvalue weighted by atomic mass is 9.91. The number of rotatable bonds is 4. The third kappa shape index (κ3) is 2.97. The second-order valence-corrected chi connectivity index (χ2v) is 3.57. The molecule has 0 aromatic rings. The van der Waals surface area contributed by atoms with E-state index in [0.29, 0.717) is 12.4 Å². The molecular weight excluding hydrogens is 170 g/mol. The van der Waals surface area contributed by atoms with Crippen molar-refractivity contribution in [3.8, 4) is 0 Å². The molecule has 0 spiro atoms. The van der Waals surface area contributed by atoms with Crippen molar-refractivity contribution in [2.45, 2.75) is 31.9 Å². The van der Waals surface area contributed by atoms with Crippen LogP contribution in [-0.4, -0.2) is 36.9 Å². The minimum absolute atomic E-state index is 0.105. The maximum absolute atomic E-state index is 10.1. The summed E-state index contributed by atoms with van der Waals surface area (Å²) in [4.78, 5) is 10.1. The predicted molar refractivity (Wildman–Crippen MR) is 48.2 cm³/mol. The van der Waals surface area contributed by atoms with Gasteiger partial charge in [-0.05, 0) is 32.2 Å². The molecular formula is C9H17NO3. The molecule has 2 N–H and O–H groups in total. The van der Waals surface area contributed by atoms with Crippen LogP contribution in [0.25, 0.3) is 0 Å². The summed E-state index contributed by atoms with van der Waals surface area (Å²) in [5, 5.41) is 12.3. The van der Waals surface area contributed by atoms with E-state index in [-0.39, 0.29) is 18.8 Å². The molecule has 3 unspecified atom stereocenters. The summed E-state index contributed by atoms with van der Waals surface area (Å²) in [6.07, 6.45) is 1.78. The van der Waals surface area contributed by atoms with Crippen molar-refractivity contribution in [3.63, 3.8) is 0 Å². The largest absolute Gasteiger partial charge is 0.463 e. The van der Waals surface area contributed by atoms with Crippen molar-refractivity contribution >= 4 is 6.47 Å². The van der Waals surface area contributed by atoms with E-state index in [1.165, 1.54) is 0 Å². The zero-order valence-corrected chi connectivity index (χ0v) is 7.90. The number of hydrogen-bond acceptors (Lipinski definition) is 4. The van der Waals surface area contributed by atoms with Crippen LogP contribution >= 0.6 is 0 Å². The van der Waals surface area contributed by atoms with E-state index in [2.05, 4.69) is 5.32 Å². The minimum Gasteiger partial charge on any atom is -0.463 e. The molecule has 0 bridgehead atoms. The first kappa shape index (κ1) is 10.5. The molecule has 0 aromatic carbocycles. The van der Waals surface area contributed by atoms with E-state index < -0.39 is 0 Å². The van der Waals surface area contributed by atoms with Crippen molar-refractivity contribution in [1.82, 2.24) is 5.32 Å². The Morgan fingerprint density at radius 1 is 1.77 bits per heavy atom. The van der Waals surface area contributed by atoms with Crippen molar-refractivity contribution < 1.29 is 14.6 Å². The number of carbonyl (C=O) groups excluding carboxylic acids is 1. The summed E-state index contributed by atoms with van der Waals surface area (Å²) >= 11 is 0. The van der Waals surface area contributed by atoms with Gasteiger partial charge in [-0.1, -0.05) is 0 Å². The molecule has 0 aromatic heterocycles. The predicted octanol–water partition coefficient (Wildman–Crippen LogP) is -0.0916. The third-order valence-electron chi connectivity index (χ3n) is 2.64. The number of nitrogens with one attached hydrogen (secondary N) is 1. The van der Waals surface area contributed by atoms with Crippen LogP contribution in [0.2, 0.25) is 0 Å². The topological polar surface area (TPSA) is 58.6 Å². The molecule has 1 saturated heterocycles. The van der Waals surface area contributed by atoms with Crippen molar-refractivity contribution in [2.24, 2.45) is 5.92 Å². The average Bonchev–Trinajstić information content (AvgIpc) is 2.18. The number of ether oxygens (including phenoxy) is 1. The Labute approximate surface area is 78.3 Å². The highest BCUT2D eigenvalue weighted by atomic mass is 16.5. The summed E-state index contributed by atoms with van der Waals surface area (Å²) in [7, 11) is 0. The molecule has 1 fully saturated rings. The maximum atomic E-state index is 10.1. The number of aliphatic hydroxyl groups excluding tert-OH is 1. The van der Waals surface area contributed by atoms with Gasteiger partial charge in [-0.15, -0.1) is 0 Å². The molecule has 0 saturated carbocycles. The Morgan fingerprint density at radius 3 is 3.15 bits per heavy atom. The van der Waals surface area contributed by atoms with Gasteiger partial charge in [0.15, 0.2) is 0 Å². The average molecular weight is 187 g/mol. The van der Waals surface area contributed by atoms with Crippen molar-refractivity contribution in [2.75, 3.05) is 13.2 Å². The van der Waals surface area contributed by atoms with Gasteiger partial charge in [0.05, 0.1) is 0 Å². The van der Waals surface area contributed by atoms with E-state index in [1.807, 2.05) is 6.92 Å². The smallest absolute Gasteiger partial charge is 0.293 e. The highest BCUT2D eigenvalue weighted by Crippen LogP contribution is 2.18. The van der Waals surface area contributed by atoms with Gasteiger partial charge in [-0.25, -0.2) is 0 Å². The normalized spacial score (nSPS) is 30.9. The molecule has 76 valence electrons. The molecule has 0 aliphatic carbocycles. The Hall–Kier alpha value is -0.610. The van der Waals surface area contributed by atoms with E-state index >= 15 is 0 Å². The van der Waals surface area contributed by atoms with Gasteiger partial charge in [0.1, 0.15) is 6.10 Å². The summed E-state index contributed by atoms with van der Waals surface area (Å²) < 4.78 is 4.85. The van der Waals surface area contributed by atoms with E-state index in [1.54, 1.807) is 0 Å². The highest BCUT2D eigenvalue weighted by molar-refractivity contribution is 5.37. The zero-order valence-electron chi connectivity index (χ0n) is 7.90. The van der Waals surface area contributed by atoms with Crippen LogP contribution in [-0.2, 0) is 9.53 Å². The van der Waals surface area contributed by atoms with Gasteiger partial charge in [0.25, 0.3) is 6.47 Å². The van der Waals surface area contributed by atoms with Crippen LogP contribution < -0.4 is 5.32 Å². The first-order valence-electron chi connectivity index (χ1n) is 4.71. The second kappa shape index (κ2) is 5.19. The molecule has 0 radical (unpaired) electrons. The lowest BCUT2D eigenvalue weighted by Gasteiger charge is -2.32. The fourth-order valence-corrected chi connectivity index (χ4v) is 1.74. The molecule has 1 rings (SSSR count). The standard InChI is InChI=1S/C9H17NO3/c1-7(13-6-12)9-4-8(5-11)2-3-10-9/h6-11H,2-5H2,1H3. The Balaban J connectivity index is 2.36. The molecule has 4 heteroatoms. The third-order valence-corrected chi connectivity index (χ3v) is 2.64. The van der Waals surface area contributed by atoms with Crippen LogP contribution in [0.4, 0.5) is 0 Å². The quantitative estimate of drug-likeness (QED) is 0.604. The maximum Gasteiger partial charge on any atom is 0.293 e. The SMILES string of the molecule is CC(OC=O)C1CC(CO)CCN1. The van der Waals surface area contributed by atoms with Gasteiger partial charge in [-0.3, -0.25) is 4.79 Å². The summed E-state index contributed by atoms with van der Waals surface area (Å²) in [6, 6.07) is 0.191. The first-order valence-corrected chi connectivity index (χ1v) is 4.71.